The summed E-state index contributed by atoms with van der Waals surface area (Å²) in [6.45, 7) is 9.42. The van der Waals surface area contributed by atoms with Gasteiger partial charge in [-0.05, 0) is 58.1 Å². The number of carbonyl (C=O) groups excluding carboxylic acids is 3. The number of fused-ring (bicyclic) bond motifs is 3. The summed E-state index contributed by atoms with van der Waals surface area (Å²) < 4.78 is 12.1. The van der Waals surface area contributed by atoms with Gasteiger partial charge in [-0.2, -0.15) is 0 Å². The fraction of sp³-hybridized carbons (Fsp3) is 0.500. The molecule has 3 heterocycles. The summed E-state index contributed by atoms with van der Waals surface area (Å²) in [7, 11) is 0. The number of benzene rings is 1. The van der Waals surface area contributed by atoms with Gasteiger partial charge in [0.2, 0.25) is 0 Å². The molecule has 7 nitrogen and oxygen atoms in total. The molecule has 0 unspecified atom stereocenters. The van der Waals surface area contributed by atoms with Gasteiger partial charge in [-0.15, -0.1) is 0 Å². The van der Waals surface area contributed by atoms with Crippen LogP contribution in [0.3, 0.4) is 0 Å². The van der Waals surface area contributed by atoms with Crippen LogP contribution in [0.25, 0.3) is 10.9 Å². The summed E-state index contributed by atoms with van der Waals surface area (Å²) in [6.07, 6.45) is 1.43. The first-order chi connectivity index (χ1) is 13.7. The number of esters is 2. The minimum Gasteiger partial charge on any atom is -0.444 e. The Morgan fingerprint density at radius 2 is 1.86 bits per heavy atom. The number of rotatable bonds is 2. The van der Waals surface area contributed by atoms with Crippen LogP contribution in [0.1, 0.15) is 72.9 Å². The molecule has 4 rings (SSSR count). The van der Waals surface area contributed by atoms with Crippen molar-refractivity contribution in [3.05, 3.63) is 35.0 Å². The molecule has 1 amide bonds. The van der Waals surface area contributed by atoms with Crippen molar-refractivity contribution in [3.8, 4) is 0 Å². The monoisotopic (exact) mass is 398 g/mol. The van der Waals surface area contributed by atoms with Gasteiger partial charge in [0.05, 0.1) is 0 Å². The summed E-state index contributed by atoms with van der Waals surface area (Å²) in [5, 5.41) is 0.757. The molecule has 0 saturated carbocycles. The molecule has 2 aliphatic heterocycles. The van der Waals surface area contributed by atoms with E-state index in [1.807, 2.05) is 44.4 Å². The minimum atomic E-state index is -0.574. The van der Waals surface area contributed by atoms with Crippen LogP contribution in [-0.2, 0) is 16.0 Å². The third kappa shape index (κ3) is 3.39. The topological polar surface area (TPSA) is 77.8 Å². The Kier molecular flexibility index (Phi) is 4.63. The summed E-state index contributed by atoms with van der Waals surface area (Å²) in [6, 6.07) is 6.01. The van der Waals surface area contributed by atoms with Gasteiger partial charge in [-0.3, -0.25) is 0 Å². The van der Waals surface area contributed by atoms with Crippen LogP contribution < -0.4 is 0 Å². The molecule has 0 aliphatic carbocycles. The van der Waals surface area contributed by atoms with E-state index in [2.05, 4.69) is 6.07 Å². The van der Waals surface area contributed by atoms with E-state index in [0.717, 1.165) is 29.3 Å². The first-order valence-corrected chi connectivity index (χ1v) is 10.1. The Bertz CT molecular complexity index is 1010. The molecule has 0 spiro atoms. The van der Waals surface area contributed by atoms with E-state index in [0.29, 0.717) is 36.8 Å². The van der Waals surface area contributed by atoms with E-state index in [1.165, 1.54) is 0 Å². The molecule has 1 aromatic carbocycles. The van der Waals surface area contributed by atoms with Crippen molar-refractivity contribution in [2.24, 2.45) is 0 Å². The second kappa shape index (κ2) is 6.90. The Hall–Kier alpha value is -2.83. The van der Waals surface area contributed by atoms with E-state index in [1.54, 1.807) is 4.90 Å². The lowest BCUT2D eigenvalue weighted by molar-refractivity contribution is 0.0204. The quantitative estimate of drug-likeness (QED) is 0.562. The van der Waals surface area contributed by atoms with E-state index >= 15 is 0 Å². The standard InChI is InChI=1S/C22H26N2O5/c1-5-24-16-12-14(6-7-15(16)17-18(24)20(26)28-19(17)25)13-8-10-23(11-9-13)21(27)29-22(2,3)4/h6-7,12-13H,5,8-11H2,1-4H3. The molecule has 2 aliphatic rings. The molecule has 0 bridgehead atoms. The lowest BCUT2D eigenvalue weighted by atomic mass is 9.89. The molecular weight excluding hydrogens is 372 g/mol. The average Bonchev–Trinajstić information content (AvgIpc) is 3.14. The molecule has 0 radical (unpaired) electrons. The second-order valence-corrected chi connectivity index (χ2v) is 8.66. The predicted molar refractivity (Wildman–Crippen MR) is 107 cm³/mol. The number of likely N-dealkylation sites (tertiary alicyclic amines) is 1. The van der Waals surface area contributed by atoms with Gasteiger partial charge < -0.3 is 18.9 Å². The Balaban J connectivity index is 1.57. The smallest absolute Gasteiger partial charge is 0.410 e. The highest BCUT2D eigenvalue weighted by Gasteiger charge is 2.37. The van der Waals surface area contributed by atoms with Crippen LogP contribution in [-0.4, -0.2) is 46.2 Å². The lowest BCUT2D eigenvalue weighted by Gasteiger charge is -2.33. The zero-order chi connectivity index (χ0) is 20.9. The second-order valence-electron chi connectivity index (χ2n) is 8.66. The van der Waals surface area contributed by atoms with Crippen molar-refractivity contribution in [3.63, 3.8) is 0 Å². The van der Waals surface area contributed by atoms with Gasteiger partial charge in [0.15, 0.2) is 0 Å². The third-order valence-corrected chi connectivity index (χ3v) is 5.61. The lowest BCUT2D eigenvalue weighted by Crippen LogP contribution is -2.41. The number of hydrogen-bond donors (Lipinski definition) is 0. The number of cyclic esters (lactones) is 2. The van der Waals surface area contributed by atoms with Crippen LogP contribution in [0.15, 0.2) is 18.2 Å². The molecule has 154 valence electrons. The first-order valence-electron chi connectivity index (χ1n) is 10.1. The zero-order valence-electron chi connectivity index (χ0n) is 17.3. The molecule has 29 heavy (non-hydrogen) atoms. The minimum absolute atomic E-state index is 0.264. The van der Waals surface area contributed by atoms with Crippen molar-refractivity contribution < 1.29 is 23.9 Å². The van der Waals surface area contributed by atoms with Crippen molar-refractivity contribution in [2.45, 2.75) is 58.6 Å². The van der Waals surface area contributed by atoms with Crippen molar-refractivity contribution in [2.75, 3.05) is 13.1 Å². The Morgan fingerprint density at radius 3 is 2.48 bits per heavy atom. The van der Waals surface area contributed by atoms with Gasteiger partial charge >= 0.3 is 18.0 Å². The molecule has 7 heteroatoms. The SMILES string of the molecule is CCn1c2c(c3ccc(C4CCN(C(=O)OC(C)(C)C)CC4)cc31)C(=O)OC2=O. The van der Waals surface area contributed by atoms with Crippen molar-refractivity contribution in [1.29, 1.82) is 0 Å². The molecule has 0 atom stereocenters. The Morgan fingerprint density at radius 1 is 1.17 bits per heavy atom. The Labute approximate surface area is 169 Å². The highest BCUT2D eigenvalue weighted by Crippen LogP contribution is 2.36. The number of ether oxygens (including phenoxy) is 2. The molecule has 1 saturated heterocycles. The fourth-order valence-corrected chi connectivity index (χ4v) is 4.27. The summed E-state index contributed by atoms with van der Waals surface area (Å²) in [4.78, 5) is 38.2. The summed E-state index contributed by atoms with van der Waals surface area (Å²) in [5.74, 6) is -0.827. The van der Waals surface area contributed by atoms with E-state index in [9.17, 15) is 14.4 Å². The van der Waals surface area contributed by atoms with Gasteiger partial charge in [-0.25, -0.2) is 14.4 Å². The summed E-state index contributed by atoms with van der Waals surface area (Å²) in [5.41, 5.74) is 2.27. The van der Waals surface area contributed by atoms with Crippen LogP contribution in [0.4, 0.5) is 4.79 Å². The molecule has 0 N–H and O–H groups in total. The van der Waals surface area contributed by atoms with Gasteiger partial charge in [0.25, 0.3) is 0 Å². The largest absolute Gasteiger partial charge is 0.444 e. The van der Waals surface area contributed by atoms with E-state index in [4.69, 9.17) is 9.47 Å². The maximum atomic E-state index is 12.3. The summed E-state index contributed by atoms with van der Waals surface area (Å²) >= 11 is 0. The maximum absolute atomic E-state index is 12.3. The van der Waals surface area contributed by atoms with Gasteiger partial charge in [-0.1, -0.05) is 12.1 Å². The molecule has 1 aromatic heterocycles. The number of nitrogens with zero attached hydrogens (tertiary/aromatic N) is 2. The van der Waals surface area contributed by atoms with Gasteiger partial charge in [0.1, 0.15) is 16.9 Å². The van der Waals surface area contributed by atoms with Crippen LogP contribution in [0, 0.1) is 0 Å². The highest BCUT2D eigenvalue weighted by molar-refractivity contribution is 6.21. The normalized spacial score (nSPS) is 17.6. The zero-order valence-corrected chi connectivity index (χ0v) is 17.3. The van der Waals surface area contributed by atoms with Crippen LogP contribution >= 0.6 is 0 Å². The van der Waals surface area contributed by atoms with Crippen LogP contribution in [0.5, 0.6) is 0 Å². The highest BCUT2D eigenvalue weighted by atomic mass is 16.6. The number of aromatic nitrogens is 1. The number of carbonyl (C=O) groups is 3. The molecule has 1 fully saturated rings. The van der Waals surface area contributed by atoms with Gasteiger partial charge in [0, 0.05) is 30.5 Å². The first kappa shape index (κ1) is 19.5. The van der Waals surface area contributed by atoms with E-state index in [-0.39, 0.29) is 6.09 Å². The average molecular weight is 398 g/mol. The number of hydrogen-bond acceptors (Lipinski definition) is 5. The van der Waals surface area contributed by atoms with E-state index < -0.39 is 17.5 Å². The van der Waals surface area contributed by atoms with Crippen molar-refractivity contribution in [1.82, 2.24) is 9.47 Å². The maximum Gasteiger partial charge on any atom is 0.410 e. The fourth-order valence-electron chi connectivity index (χ4n) is 4.27. The number of aryl methyl sites for hydroxylation is 1. The number of amides is 1. The van der Waals surface area contributed by atoms with Crippen molar-refractivity contribution >= 4 is 28.9 Å². The third-order valence-electron chi connectivity index (χ3n) is 5.61. The molecule has 2 aromatic rings. The predicted octanol–water partition coefficient (Wildman–Crippen LogP) is 4.09. The van der Waals surface area contributed by atoms with Crippen LogP contribution in [0.2, 0.25) is 0 Å². The molecular formula is C22H26N2O5. The number of piperidine rings is 1.